The largest absolute Gasteiger partial charge is 0.435 e. The molecule has 4 heterocycles. The molecule has 3 aromatic rings. The molecule has 11 heteroatoms. The Labute approximate surface area is 254 Å². The van der Waals surface area contributed by atoms with Crippen LogP contribution in [0.4, 0.5) is 20.2 Å². The number of carbonyl (C=O) groups excluding carboxylic acids is 2. The number of aromatic nitrogens is 1. The monoisotopic (exact) mass is 600 g/mol. The molecule has 2 bridgehead atoms. The number of hydrogen-bond donors (Lipinski definition) is 3. The molecule has 2 fully saturated rings. The van der Waals surface area contributed by atoms with E-state index in [0.717, 1.165) is 41.8 Å². The summed E-state index contributed by atoms with van der Waals surface area (Å²) in [5.74, 6) is 0.0973. The van der Waals surface area contributed by atoms with Crippen LogP contribution in [0.1, 0.15) is 46.3 Å². The molecule has 6 rings (SSSR count). The van der Waals surface area contributed by atoms with Crippen molar-refractivity contribution < 1.29 is 23.1 Å². The predicted molar refractivity (Wildman–Crippen MR) is 162 cm³/mol. The number of nitrogens with zero attached hydrogens (tertiary/aromatic N) is 3. The molecule has 3 aliphatic heterocycles. The Morgan fingerprint density at radius 2 is 1.84 bits per heavy atom. The number of likely N-dealkylation sites (tertiary alicyclic amines) is 1. The second-order valence-electron chi connectivity index (χ2n) is 11.3. The molecular formula is C33H34F2N6O3. The van der Waals surface area contributed by atoms with Crippen LogP contribution in [0.3, 0.4) is 0 Å². The number of alkyl halides is 2. The zero-order chi connectivity index (χ0) is 30.6. The highest BCUT2D eigenvalue weighted by Gasteiger charge is 2.30. The molecule has 228 valence electrons. The minimum absolute atomic E-state index is 0.0370. The fourth-order valence-electron chi connectivity index (χ4n) is 5.88. The number of piperidine rings is 1. The molecule has 0 spiro atoms. The summed E-state index contributed by atoms with van der Waals surface area (Å²) in [4.78, 5) is 37.1. The summed E-state index contributed by atoms with van der Waals surface area (Å²) in [5.41, 5.74) is 5.89. The van der Waals surface area contributed by atoms with Gasteiger partial charge in [0.1, 0.15) is 5.75 Å². The highest BCUT2D eigenvalue weighted by Crippen LogP contribution is 2.29. The van der Waals surface area contributed by atoms with Gasteiger partial charge in [-0.1, -0.05) is 12.1 Å². The van der Waals surface area contributed by atoms with Crippen molar-refractivity contribution in [3.05, 3.63) is 94.7 Å². The lowest BCUT2D eigenvalue weighted by Gasteiger charge is -2.32. The van der Waals surface area contributed by atoms with Crippen LogP contribution in [0, 0.1) is 12.8 Å². The maximum Gasteiger partial charge on any atom is 0.387 e. The molecule has 1 atom stereocenters. The smallest absolute Gasteiger partial charge is 0.387 e. The van der Waals surface area contributed by atoms with E-state index in [0.29, 0.717) is 48.4 Å². The Bertz CT molecular complexity index is 1650. The number of carbonyl (C=O) groups is 2. The molecular weight excluding hydrogens is 566 g/mol. The number of rotatable bonds is 7. The lowest BCUT2D eigenvalue weighted by molar-refractivity contribution is -0.126. The Morgan fingerprint density at radius 3 is 2.55 bits per heavy atom. The van der Waals surface area contributed by atoms with Crippen LogP contribution in [0.25, 0.3) is 5.57 Å². The van der Waals surface area contributed by atoms with Crippen LogP contribution < -0.4 is 26.2 Å². The van der Waals surface area contributed by atoms with E-state index in [-0.39, 0.29) is 29.5 Å². The van der Waals surface area contributed by atoms with E-state index in [4.69, 9.17) is 4.99 Å². The van der Waals surface area contributed by atoms with Crippen LogP contribution in [-0.4, -0.2) is 60.5 Å². The van der Waals surface area contributed by atoms with Crippen molar-refractivity contribution in [1.29, 1.82) is 0 Å². The zero-order valence-electron chi connectivity index (χ0n) is 24.4. The predicted octanol–water partition coefficient (Wildman–Crippen LogP) is 4.37. The molecule has 2 amide bonds. The Hall–Kier alpha value is -4.64. The fraction of sp³-hybridized carbons (Fsp3) is 0.333. The molecule has 9 nitrogen and oxygen atoms in total. The van der Waals surface area contributed by atoms with Gasteiger partial charge in [-0.3, -0.25) is 9.59 Å². The van der Waals surface area contributed by atoms with Crippen molar-refractivity contribution >= 4 is 28.8 Å². The van der Waals surface area contributed by atoms with E-state index >= 15 is 0 Å². The number of halogens is 2. The van der Waals surface area contributed by atoms with Gasteiger partial charge in [0, 0.05) is 55.1 Å². The minimum atomic E-state index is -2.87. The Kier molecular flexibility index (Phi) is 8.65. The van der Waals surface area contributed by atoms with Gasteiger partial charge in [0.2, 0.25) is 5.91 Å². The van der Waals surface area contributed by atoms with Gasteiger partial charge in [-0.2, -0.15) is 8.78 Å². The van der Waals surface area contributed by atoms with Gasteiger partial charge in [-0.25, -0.2) is 9.98 Å². The number of fused-ring (bicyclic) bond motifs is 2. The number of benzene rings is 2. The molecule has 0 radical (unpaired) electrons. The first-order chi connectivity index (χ1) is 21.3. The number of nitrogens with one attached hydrogen (secondary N) is 3. The van der Waals surface area contributed by atoms with Crippen LogP contribution in [-0.2, 0) is 4.79 Å². The van der Waals surface area contributed by atoms with E-state index in [1.165, 1.54) is 12.1 Å². The van der Waals surface area contributed by atoms with Crippen molar-refractivity contribution in [3.8, 4) is 5.75 Å². The number of anilines is 1. The first-order valence-corrected chi connectivity index (χ1v) is 14.8. The average molecular weight is 601 g/mol. The fourth-order valence-corrected chi connectivity index (χ4v) is 5.88. The third-order valence-corrected chi connectivity index (χ3v) is 8.30. The lowest BCUT2D eigenvalue weighted by atomic mass is 9.94. The highest BCUT2D eigenvalue weighted by atomic mass is 19.3. The summed E-state index contributed by atoms with van der Waals surface area (Å²) in [5, 5.41) is 9.65. The van der Waals surface area contributed by atoms with Gasteiger partial charge in [-0.05, 0) is 91.9 Å². The summed E-state index contributed by atoms with van der Waals surface area (Å²) in [6.45, 7) is 1.88. The maximum absolute atomic E-state index is 13.4. The van der Waals surface area contributed by atoms with Crippen molar-refractivity contribution in [2.75, 3.05) is 31.5 Å². The summed E-state index contributed by atoms with van der Waals surface area (Å²) in [7, 11) is 0. The Morgan fingerprint density at radius 1 is 1.05 bits per heavy atom. The van der Waals surface area contributed by atoms with Gasteiger partial charge in [0.05, 0.1) is 11.4 Å². The molecule has 3 N–H and O–H groups in total. The molecule has 0 aliphatic carbocycles. The molecule has 44 heavy (non-hydrogen) atoms. The van der Waals surface area contributed by atoms with Gasteiger partial charge in [0.15, 0.2) is 5.49 Å². The third kappa shape index (κ3) is 6.62. The quantitative estimate of drug-likeness (QED) is 0.372. The number of hydrogen-bond acceptors (Lipinski definition) is 7. The van der Waals surface area contributed by atoms with Crippen LogP contribution in [0.15, 0.2) is 72.0 Å². The van der Waals surface area contributed by atoms with E-state index in [1.807, 2.05) is 42.3 Å². The molecule has 2 saturated heterocycles. The zero-order valence-corrected chi connectivity index (χ0v) is 24.4. The summed E-state index contributed by atoms with van der Waals surface area (Å²) >= 11 is 0. The average Bonchev–Trinajstić information content (AvgIpc) is 3.48. The first-order valence-electron chi connectivity index (χ1n) is 14.8. The molecule has 3 aliphatic rings. The highest BCUT2D eigenvalue weighted by molar-refractivity contribution is 5.96. The normalized spacial score (nSPS) is 18.5. The van der Waals surface area contributed by atoms with Crippen molar-refractivity contribution in [2.45, 2.75) is 38.8 Å². The second-order valence-corrected chi connectivity index (χ2v) is 11.3. The standard InChI is InChI=1S/C33H34F2N6O3/c1-20-16-24(4-7-27(20)32(43)41-14-10-22(11-15-41)31(42)40-25-9-12-36-18-25)39-30-29-17-23(8-13-37-30)28(19-38-29)21-2-5-26(6-3-21)44-33(34)35/h2-8,13,16-17,19,22,25,33,36,38H,9-12,14-15,18H2,1H3,(H,40,42)/t25-/m0/s1. The van der Waals surface area contributed by atoms with E-state index < -0.39 is 6.61 Å². The SMILES string of the molecule is Cc1cc(N=c2nccc3cc2NC=C3c2ccc(OC(F)F)cc2)ccc1C(=O)N1CCC(C(=O)N[C@H]2CCNC2)CC1. The van der Waals surface area contributed by atoms with E-state index in [2.05, 4.69) is 25.7 Å². The minimum Gasteiger partial charge on any atom is -0.435 e. The topological polar surface area (TPSA) is 108 Å². The molecule has 0 unspecified atom stereocenters. The summed E-state index contributed by atoms with van der Waals surface area (Å²) in [6.07, 6.45) is 5.78. The number of amides is 2. The molecule has 2 aromatic carbocycles. The van der Waals surface area contributed by atoms with E-state index in [1.54, 1.807) is 24.4 Å². The van der Waals surface area contributed by atoms with Crippen LogP contribution in [0.2, 0.25) is 0 Å². The van der Waals surface area contributed by atoms with Crippen molar-refractivity contribution in [3.63, 3.8) is 0 Å². The van der Waals surface area contributed by atoms with Crippen LogP contribution in [0.5, 0.6) is 5.75 Å². The van der Waals surface area contributed by atoms with Gasteiger partial charge in [0.25, 0.3) is 5.91 Å². The number of ether oxygens (including phenoxy) is 1. The van der Waals surface area contributed by atoms with Crippen molar-refractivity contribution in [2.24, 2.45) is 10.9 Å². The summed E-state index contributed by atoms with van der Waals surface area (Å²) < 4.78 is 29.5. The van der Waals surface area contributed by atoms with E-state index in [9.17, 15) is 18.4 Å². The first kappa shape index (κ1) is 29.4. The third-order valence-electron chi connectivity index (χ3n) is 8.30. The van der Waals surface area contributed by atoms with Gasteiger partial charge in [-0.15, -0.1) is 0 Å². The second kappa shape index (κ2) is 12.9. The molecule has 1 aromatic heterocycles. The van der Waals surface area contributed by atoms with Gasteiger partial charge >= 0.3 is 6.61 Å². The summed E-state index contributed by atoms with van der Waals surface area (Å²) in [6, 6.07) is 16.0. The lowest BCUT2D eigenvalue weighted by Crippen LogP contribution is -2.45. The number of aryl methyl sites for hydroxylation is 1. The van der Waals surface area contributed by atoms with Gasteiger partial charge < -0.3 is 25.6 Å². The maximum atomic E-state index is 13.4. The van der Waals surface area contributed by atoms with Crippen molar-refractivity contribution in [1.82, 2.24) is 20.5 Å². The molecule has 0 saturated carbocycles. The van der Waals surface area contributed by atoms with Crippen LogP contribution >= 0.6 is 0 Å². The Balaban J connectivity index is 1.12.